The van der Waals surface area contributed by atoms with Gasteiger partial charge in [-0.25, -0.2) is 4.39 Å². The summed E-state index contributed by atoms with van der Waals surface area (Å²) in [5, 5.41) is 0. The highest BCUT2D eigenvalue weighted by Gasteiger charge is 2.50. The van der Waals surface area contributed by atoms with Crippen molar-refractivity contribution in [3.8, 4) is 17.2 Å². The van der Waals surface area contributed by atoms with Crippen LogP contribution in [0.1, 0.15) is 16.7 Å². The average molecular weight is 390 g/mol. The standard InChI is InChI=1S/C23H19FN2O3/c24-16-7-15(10-25-11-16)12-26-13-23(17-3-1-2-4-19(17)26)14-29-20-9-22-21(8-18(20)23)27-5-6-28-22/h1-4,7-11H,5-6,12-14H2. The fraction of sp³-hybridized carbons (Fsp3) is 0.261. The first kappa shape index (κ1) is 16.7. The summed E-state index contributed by atoms with van der Waals surface area (Å²) in [4.78, 5) is 6.28. The third-order valence-electron chi connectivity index (χ3n) is 5.99. The summed E-state index contributed by atoms with van der Waals surface area (Å²) in [6.07, 6.45) is 2.95. The van der Waals surface area contributed by atoms with E-state index in [-0.39, 0.29) is 11.2 Å². The number of nitrogens with zero attached hydrogens (tertiary/aromatic N) is 2. The van der Waals surface area contributed by atoms with Crippen LogP contribution in [0.15, 0.2) is 54.9 Å². The predicted octanol–water partition coefficient (Wildman–Crippen LogP) is 3.69. The number of benzene rings is 2. The van der Waals surface area contributed by atoms with Gasteiger partial charge in [0.05, 0.1) is 11.6 Å². The Kier molecular flexibility index (Phi) is 3.51. The fourth-order valence-electron chi connectivity index (χ4n) is 4.75. The molecule has 0 radical (unpaired) electrons. The van der Waals surface area contributed by atoms with Crippen LogP contribution in [0.2, 0.25) is 0 Å². The highest BCUT2D eigenvalue weighted by molar-refractivity contribution is 5.70. The zero-order valence-electron chi connectivity index (χ0n) is 15.7. The molecule has 2 aromatic carbocycles. The van der Waals surface area contributed by atoms with Gasteiger partial charge in [-0.3, -0.25) is 4.98 Å². The first-order valence-electron chi connectivity index (χ1n) is 9.74. The van der Waals surface area contributed by atoms with Gasteiger partial charge in [0.25, 0.3) is 0 Å². The molecule has 0 N–H and O–H groups in total. The number of rotatable bonds is 2. The number of hydrogen-bond donors (Lipinski definition) is 0. The Bertz CT molecular complexity index is 1120. The lowest BCUT2D eigenvalue weighted by molar-refractivity contribution is 0.171. The third kappa shape index (κ3) is 2.48. The van der Waals surface area contributed by atoms with E-state index in [2.05, 4.69) is 34.1 Å². The van der Waals surface area contributed by atoms with Gasteiger partial charge in [-0.15, -0.1) is 0 Å². The quantitative estimate of drug-likeness (QED) is 0.668. The average Bonchev–Trinajstić information content (AvgIpc) is 3.25. The van der Waals surface area contributed by atoms with Crippen molar-refractivity contribution in [3.05, 3.63) is 77.4 Å². The molecule has 4 heterocycles. The zero-order valence-corrected chi connectivity index (χ0v) is 15.7. The number of pyridine rings is 1. The third-order valence-corrected chi connectivity index (χ3v) is 5.99. The number of halogens is 1. The maximum atomic E-state index is 13.7. The topological polar surface area (TPSA) is 43.8 Å². The van der Waals surface area contributed by atoms with Gasteiger partial charge in [-0.2, -0.15) is 0 Å². The number of para-hydroxylation sites is 1. The summed E-state index contributed by atoms with van der Waals surface area (Å²) >= 11 is 0. The van der Waals surface area contributed by atoms with Crippen LogP contribution in [0, 0.1) is 5.82 Å². The lowest BCUT2D eigenvalue weighted by Gasteiger charge is -2.26. The van der Waals surface area contributed by atoms with Crippen molar-refractivity contribution in [1.82, 2.24) is 4.98 Å². The van der Waals surface area contributed by atoms with E-state index in [0.717, 1.165) is 40.6 Å². The summed E-state index contributed by atoms with van der Waals surface area (Å²) in [6.45, 7) is 2.99. The first-order valence-corrected chi connectivity index (χ1v) is 9.74. The van der Waals surface area contributed by atoms with Crippen molar-refractivity contribution in [2.24, 2.45) is 0 Å². The SMILES string of the molecule is Fc1cncc(CN2CC3(COc4cc5c(cc43)OCCO5)c3ccccc32)c1. The van der Waals surface area contributed by atoms with E-state index in [1.807, 2.05) is 12.1 Å². The summed E-state index contributed by atoms with van der Waals surface area (Å²) in [5.41, 5.74) is 4.04. The van der Waals surface area contributed by atoms with E-state index < -0.39 is 0 Å². The van der Waals surface area contributed by atoms with Gasteiger partial charge < -0.3 is 19.1 Å². The highest BCUT2D eigenvalue weighted by atomic mass is 19.1. The maximum absolute atomic E-state index is 13.7. The van der Waals surface area contributed by atoms with Crippen molar-refractivity contribution in [1.29, 1.82) is 0 Å². The van der Waals surface area contributed by atoms with Crippen LogP contribution < -0.4 is 19.1 Å². The molecule has 0 fully saturated rings. The van der Waals surface area contributed by atoms with Crippen LogP contribution >= 0.6 is 0 Å². The van der Waals surface area contributed by atoms with Gasteiger partial charge in [-0.1, -0.05) is 18.2 Å². The maximum Gasteiger partial charge on any atom is 0.165 e. The second kappa shape index (κ2) is 6.11. The largest absolute Gasteiger partial charge is 0.492 e. The van der Waals surface area contributed by atoms with E-state index in [0.29, 0.717) is 26.4 Å². The monoisotopic (exact) mass is 390 g/mol. The molecular weight excluding hydrogens is 371 g/mol. The second-order valence-electron chi connectivity index (χ2n) is 7.75. The smallest absolute Gasteiger partial charge is 0.165 e. The molecule has 1 spiro atoms. The molecule has 0 aliphatic carbocycles. The molecule has 0 amide bonds. The summed E-state index contributed by atoms with van der Waals surface area (Å²) < 4.78 is 31.4. The van der Waals surface area contributed by atoms with Crippen LogP contribution in [0.25, 0.3) is 0 Å². The van der Waals surface area contributed by atoms with Gasteiger partial charge in [0.15, 0.2) is 11.5 Å². The Balaban J connectivity index is 1.44. The van der Waals surface area contributed by atoms with Crippen molar-refractivity contribution in [2.45, 2.75) is 12.0 Å². The Morgan fingerprint density at radius 3 is 2.62 bits per heavy atom. The van der Waals surface area contributed by atoms with E-state index in [4.69, 9.17) is 14.2 Å². The minimum atomic E-state index is -0.317. The predicted molar refractivity (Wildman–Crippen MR) is 105 cm³/mol. The zero-order chi connectivity index (χ0) is 19.4. The Hall–Kier alpha value is -3.28. The molecule has 0 bridgehead atoms. The van der Waals surface area contributed by atoms with E-state index in [1.54, 1.807) is 12.3 Å². The summed E-state index contributed by atoms with van der Waals surface area (Å²) in [5.74, 6) is 2.03. The molecule has 3 aliphatic rings. The van der Waals surface area contributed by atoms with Crippen LogP contribution in [0.4, 0.5) is 10.1 Å². The van der Waals surface area contributed by atoms with Crippen LogP contribution in [0.3, 0.4) is 0 Å². The molecule has 1 aromatic heterocycles. The van der Waals surface area contributed by atoms with Gasteiger partial charge in [0.1, 0.15) is 31.4 Å². The molecule has 1 atom stereocenters. The van der Waals surface area contributed by atoms with Crippen LogP contribution in [-0.4, -0.2) is 31.3 Å². The molecule has 3 aliphatic heterocycles. The molecular formula is C23H19FN2O3. The molecule has 146 valence electrons. The Morgan fingerprint density at radius 1 is 0.931 bits per heavy atom. The minimum Gasteiger partial charge on any atom is -0.492 e. The van der Waals surface area contributed by atoms with Crippen LogP contribution in [-0.2, 0) is 12.0 Å². The van der Waals surface area contributed by atoms with Crippen molar-refractivity contribution < 1.29 is 18.6 Å². The summed E-state index contributed by atoms with van der Waals surface area (Å²) in [6, 6.07) is 13.9. The molecule has 3 aromatic rings. The van der Waals surface area contributed by atoms with Gasteiger partial charge >= 0.3 is 0 Å². The molecule has 0 saturated carbocycles. The molecule has 0 saturated heterocycles. The van der Waals surface area contributed by atoms with Gasteiger partial charge in [-0.05, 0) is 29.3 Å². The Labute approximate surface area is 167 Å². The van der Waals surface area contributed by atoms with Crippen molar-refractivity contribution in [3.63, 3.8) is 0 Å². The Morgan fingerprint density at radius 2 is 1.76 bits per heavy atom. The normalized spacial score (nSPS) is 21.1. The van der Waals surface area contributed by atoms with E-state index >= 15 is 0 Å². The molecule has 1 unspecified atom stereocenters. The highest BCUT2D eigenvalue weighted by Crippen LogP contribution is 2.54. The van der Waals surface area contributed by atoms with E-state index in [1.165, 1.54) is 11.8 Å². The molecule has 6 heteroatoms. The minimum absolute atomic E-state index is 0.289. The lowest BCUT2D eigenvalue weighted by Crippen LogP contribution is -2.36. The molecule has 5 nitrogen and oxygen atoms in total. The van der Waals surface area contributed by atoms with Gasteiger partial charge in [0, 0.05) is 36.6 Å². The first-order chi connectivity index (χ1) is 14.2. The number of ether oxygens (including phenoxy) is 3. The number of fused-ring (bicyclic) bond motifs is 5. The summed E-state index contributed by atoms with van der Waals surface area (Å²) in [7, 11) is 0. The fourth-order valence-corrected chi connectivity index (χ4v) is 4.75. The lowest BCUT2D eigenvalue weighted by atomic mass is 9.77. The van der Waals surface area contributed by atoms with Crippen molar-refractivity contribution in [2.75, 3.05) is 31.3 Å². The number of anilines is 1. The number of aromatic nitrogens is 1. The van der Waals surface area contributed by atoms with Crippen LogP contribution in [0.5, 0.6) is 17.2 Å². The van der Waals surface area contributed by atoms with Crippen molar-refractivity contribution >= 4 is 5.69 Å². The second-order valence-corrected chi connectivity index (χ2v) is 7.75. The van der Waals surface area contributed by atoms with Gasteiger partial charge in [0.2, 0.25) is 0 Å². The molecule has 6 rings (SSSR count). The molecule has 29 heavy (non-hydrogen) atoms. The van der Waals surface area contributed by atoms with E-state index in [9.17, 15) is 4.39 Å². The number of hydrogen-bond acceptors (Lipinski definition) is 5.